The van der Waals surface area contributed by atoms with Gasteiger partial charge < -0.3 is 9.73 Å². The molecule has 0 aliphatic carbocycles. The largest absolute Gasteiger partial charge is 0.459 e. The first-order valence-electron chi connectivity index (χ1n) is 6.63. The van der Waals surface area contributed by atoms with Gasteiger partial charge in [-0.25, -0.2) is 0 Å². The van der Waals surface area contributed by atoms with Gasteiger partial charge in [0.2, 0.25) is 5.16 Å². The molecule has 1 N–H and O–H groups in total. The number of hydrogen-bond acceptors (Lipinski definition) is 6. The summed E-state index contributed by atoms with van der Waals surface area (Å²) in [5, 5.41) is 15.1. The first-order chi connectivity index (χ1) is 10.8. The van der Waals surface area contributed by atoms with Crippen molar-refractivity contribution in [1.82, 2.24) is 25.5 Å². The Kier molecular flexibility index (Phi) is 4.50. The van der Waals surface area contributed by atoms with Crippen molar-refractivity contribution < 1.29 is 9.21 Å². The third-order valence-electron chi connectivity index (χ3n) is 2.81. The lowest BCUT2D eigenvalue weighted by atomic mass is 10.3. The van der Waals surface area contributed by atoms with E-state index in [1.165, 1.54) is 18.0 Å². The van der Waals surface area contributed by atoms with Gasteiger partial charge in [-0.15, -0.1) is 5.10 Å². The molecule has 0 atom stereocenters. The number of rotatable bonds is 6. The SMILES string of the molecule is O=C(NCCSc1nnnn1-c1ccccc1)c1ccco1. The molecule has 22 heavy (non-hydrogen) atoms. The molecule has 0 fully saturated rings. The molecule has 0 bridgehead atoms. The van der Waals surface area contributed by atoms with Crippen LogP contribution in [0.25, 0.3) is 5.69 Å². The van der Waals surface area contributed by atoms with Gasteiger partial charge in [0.1, 0.15) is 0 Å². The standard InChI is InChI=1S/C14H13N5O2S/c20-13(12-7-4-9-21-12)15-8-10-22-14-16-17-18-19(14)11-5-2-1-3-6-11/h1-7,9H,8,10H2,(H,15,20). The number of benzene rings is 1. The number of carbonyl (C=O) groups excluding carboxylic acids is 1. The molecule has 1 amide bonds. The second-order valence-electron chi connectivity index (χ2n) is 4.29. The first-order valence-corrected chi connectivity index (χ1v) is 7.61. The second kappa shape index (κ2) is 6.90. The quantitative estimate of drug-likeness (QED) is 0.551. The van der Waals surface area contributed by atoms with E-state index in [2.05, 4.69) is 20.8 Å². The van der Waals surface area contributed by atoms with E-state index < -0.39 is 0 Å². The smallest absolute Gasteiger partial charge is 0.287 e. The molecule has 0 saturated heterocycles. The molecule has 3 aromatic rings. The van der Waals surface area contributed by atoms with Gasteiger partial charge in [-0.05, 0) is 34.7 Å². The minimum atomic E-state index is -0.228. The topological polar surface area (TPSA) is 85.8 Å². The van der Waals surface area contributed by atoms with Crippen LogP contribution in [0.2, 0.25) is 0 Å². The van der Waals surface area contributed by atoms with Crippen molar-refractivity contribution in [1.29, 1.82) is 0 Å². The fraction of sp³-hybridized carbons (Fsp3) is 0.143. The van der Waals surface area contributed by atoms with E-state index in [0.717, 1.165) is 5.69 Å². The van der Waals surface area contributed by atoms with Crippen LogP contribution in [-0.2, 0) is 0 Å². The zero-order valence-electron chi connectivity index (χ0n) is 11.5. The highest BCUT2D eigenvalue weighted by Gasteiger charge is 2.10. The van der Waals surface area contributed by atoms with Crippen molar-refractivity contribution in [3.05, 3.63) is 54.5 Å². The Morgan fingerprint density at radius 3 is 2.86 bits per heavy atom. The minimum Gasteiger partial charge on any atom is -0.459 e. The fourth-order valence-electron chi connectivity index (χ4n) is 1.80. The molecule has 8 heteroatoms. The van der Waals surface area contributed by atoms with Crippen LogP contribution in [0.1, 0.15) is 10.6 Å². The summed E-state index contributed by atoms with van der Waals surface area (Å²) in [5.41, 5.74) is 0.898. The molecule has 3 rings (SSSR count). The number of amides is 1. The molecular formula is C14H13N5O2S. The Morgan fingerprint density at radius 2 is 2.09 bits per heavy atom. The summed E-state index contributed by atoms with van der Waals surface area (Å²) in [6, 6.07) is 12.9. The summed E-state index contributed by atoms with van der Waals surface area (Å²) < 4.78 is 6.69. The molecule has 2 aromatic heterocycles. The van der Waals surface area contributed by atoms with E-state index in [9.17, 15) is 4.79 Å². The number of nitrogens with zero attached hydrogens (tertiary/aromatic N) is 4. The normalized spacial score (nSPS) is 10.5. The molecule has 7 nitrogen and oxygen atoms in total. The summed E-state index contributed by atoms with van der Waals surface area (Å²) in [4.78, 5) is 11.7. The maximum Gasteiger partial charge on any atom is 0.287 e. The van der Waals surface area contributed by atoms with Crippen LogP contribution in [0.3, 0.4) is 0 Å². The van der Waals surface area contributed by atoms with Gasteiger partial charge in [0, 0.05) is 12.3 Å². The van der Waals surface area contributed by atoms with Crippen LogP contribution < -0.4 is 5.32 Å². The van der Waals surface area contributed by atoms with Crippen molar-refractivity contribution in [3.8, 4) is 5.69 Å². The molecule has 0 aliphatic rings. The number of carbonyl (C=O) groups is 1. The Bertz CT molecular complexity index is 727. The van der Waals surface area contributed by atoms with Crippen molar-refractivity contribution >= 4 is 17.7 Å². The molecular weight excluding hydrogens is 302 g/mol. The van der Waals surface area contributed by atoms with Crippen LogP contribution in [-0.4, -0.2) is 38.4 Å². The maximum atomic E-state index is 11.7. The van der Waals surface area contributed by atoms with E-state index in [0.29, 0.717) is 23.2 Å². The third kappa shape index (κ3) is 3.34. The summed E-state index contributed by atoms with van der Waals surface area (Å²) in [7, 11) is 0. The van der Waals surface area contributed by atoms with E-state index in [1.54, 1.807) is 16.8 Å². The number of nitrogens with one attached hydrogen (secondary N) is 1. The molecule has 0 unspecified atom stereocenters. The predicted octanol–water partition coefficient (Wildman–Crippen LogP) is 1.78. The van der Waals surface area contributed by atoms with Crippen LogP contribution >= 0.6 is 11.8 Å². The predicted molar refractivity (Wildman–Crippen MR) is 80.9 cm³/mol. The van der Waals surface area contributed by atoms with Gasteiger partial charge in [0.15, 0.2) is 5.76 Å². The first kappa shape index (κ1) is 14.3. The highest BCUT2D eigenvalue weighted by molar-refractivity contribution is 7.99. The van der Waals surface area contributed by atoms with Crippen molar-refractivity contribution in [3.63, 3.8) is 0 Å². The lowest BCUT2D eigenvalue weighted by Crippen LogP contribution is -2.25. The van der Waals surface area contributed by atoms with Crippen LogP contribution in [0.15, 0.2) is 58.3 Å². The maximum absolute atomic E-state index is 11.7. The van der Waals surface area contributed by atoms with Gasteiger partial charge in [-0.2, -0.15) is 4.68 Å². The zero-order valence-corrected chi connectivity index (χ0v) is 12.4. The van der Waals surface area contributed by atoms with E-state index in [-0.39, 0.29) is 5.91 Å². The van der Waals surface area contributed by atoms with Crippen molar-refractivity contribution in [2.45, 2.75) is 5.16 Å². The summed E-state index contributed by atoms with van der Waals surface area (Å²) in [5.74, 6) is 0.729. The molecule has 0 radical (unpaired) electrons. The van der Waals surface area contributed by atoms with E-state index >= 15 is 0 Å². The molecule has 0 spiro atoms. The number of furan rings is 1. The number of hydrogen-bond donors (Lipinski definition) is 1. The monoisotopic (exact) mass is 315 g/mol. The number of tetrazole rings is 1. The number of thioether (sulfide) groups is 1. The van der Waals surface area contributed by atoms with Gasteiger partial charge in [0.25, 0.3) is 5.91 Å². The fourth-order valence-corrected chi connectivity index (χ4v) is 2.55. The lowest BCUT2D eigenvalue weighted by molar-refractivity contribution is 0.0928. The van der Waals surface area contributed by atoms with Crippen molar-refractivity contribution in [2.24, 2.45) is 0 Å². The Morgan fingerprint density at radius 1 is 1.23 bits per heavy atom. The second-order valence-corrected chi connectivity index (χ2v) is 5.35. The highest BCUT2D eigenvalue weighted by atomic mass is 32.2. The summed E-state index contributed by atoms with van der Waals surface area (Å²) >= 11 is 1.47. The number of aromatic nitrogens is 4. The lowest BCUT2D eigenvalue weighted by Gasteiger charge is -2.04. The summed E-state index contributed by atoms with van der Waals surface area (Å²) in [6.45, 7) is 0.492. The Labute approximate surface area is 130 Å². The number of para-hydroxylation sites is 1. The molecule has 0 saturated carbocycles. The summed E-state index contributed by atoms with van der Waals surface area (Å²) in [6.07, 6.45) is 1.47. The van der Waals surface area contributed by atoms with Crippen molar-refractivity contribution in [2.75, 3.05) is 12.3 Å². The van der Waals surface area contributed by atoms with Gasteiger partial charge >= 0.3 is 0 Å². The molecule has 2 heterocycles. The van der Waals surface area contributed by atoms with Gasteiger partial charge in [0.05, 0.1) is 12.0 Å². The molecule has 0 aliphatic heterocycles. The minimum absolute atomic E-state index is 0.228. The Balaban J connectivity index is 1.53. The van der Waals surface area contributed by atoms with Gasteiger partial charge in [-0.3, -0.25) is 4.79 Å². The average molecular weight is 315 g/mol. The zero-order chi connectivity index (χ0) is 15.2. The van der Waals surface area contributed by atoms with Gasteiger partial charge in [-0.1, -0.05) is 30.0 Å². The third-order valence-corrected chi connectivity index (χ3v) is 3.73. The molecule has 112 valence electrons. The Hall–Kier alpha value is -2.61. The highest BCUT2D eigenvalue weighted by Crippen LogP contribution is 2.17. The van der Waals surface area contributed by atoms with Crippen LogP contribution in [0, 0.1) is 0 Å². The van der Waals surface area contributed by atoms with E-state index in [4.69, 9.17) is 4.42 Å². The van der Waals surface area contributed by atoms with Crippen LogP contribution in [0.4, 0.5) is 0 Å². The molecule has 1 aromatic carbocycles. The van der Waals surface area contributed by atoms with Crippen LogP contribution in [0.5, 0.6) is 0 Å². The average Bonchev–Trinajstić information content (AvgIpc) is 3.23. The van der Waals surface area contributed by atoms with E-state index in [1.807, 2.05) is 30.3 Å².